The number of ether oxygens (including phenoxy) is 1. The van der Waals surface area contributed by atoms with Crippen LogP contribution in [0.1, 0.15) is 12.8 Å². The van der Waals surface area contributed by atoms with Gasteiger partial charge in [0.2, 0.25) is 10.0 Å². The fraction of sp³-hybridized carbons (Fsp3) is 0.429. The number of benzene rings is 2. The number of hydrogen-bond donors (Lipinski definition) is 3. The van der Waals surface area contributed by atoms with Crippen molar-refractivity contribution in [3.63, 3.8) is 0 Å². The Bertz CT molecular complexity index is 915. The van der Waals surface area contributed by atoms with E-state index >= 15 is 0 Å². The van der Waals surface area contributed by atoms with Crippen LogP contribution in [0.3, 0.4) is 0 Å². The van der Waals surface area contributed by atoms with Crippen LogP contribution >= 0.6 is 15.9 Å². The number of nitrogens with one attached hydrogen (secondary N) is 1. The Kier molecular flexibility index (Phi) is 8.13. The first-order valence-electron chi connectivity index (χ1n) is 9.91. The summed E-state index contributed by atoms with van der Waals surface area (Å²) in [6.07, 6.45) is 0.900. The molecule has 1 aliphatic rings. The molecule has 0 saturated carbocycles. The van der Waals surface area contributed by atoms with Gasteiger partial charge in [-0.15, -0.1) is 0 Å². The molecule has 1 heterocycles. The van der Waals surface area contributed by atoms with Gasteiger partial charge in [-0.1, -0.05) is 22.0 Å². The molecule has 0 aromatic heterocycles. The molecule has 3 rings (SSSR count). The monoisotopic (exact) mass is 498 g/mol. The Balaban J connectivity index is 1.37. The van der Waals surface area contributed by atoms with E-state index in [2.05, 4.69) is 21.2 Å². The smallest absolute Gasteiger partial charge is 0.243 e. The van der Waals surface area contributed by atoms with Gasteiger partial charge in [0.15, 0.2) is 0 Å². The zero-order valence-electron chi connectivity index (χ0n) is 16.6. The number of aliphatic hydroxyl groups is 1. The predicted molar refractivity (Wildman–Crippen MR) is 118 cm³/mol. The van der Waals surface area contributed by atoms with Gasteiger partial charge in [-0.05, 0) is 67.8 Å². The lowest BCUT2D eigenvalue weighted by Crippen LogP contribution is -2.42. The van der Waals surface area contributed by atoms with Gasteiger partial charge in [-0.3, -0.25) is 0 Å². The fourth-order valence-electron chi connectivity index (χ4n) is 3.38. The third-order valence-electron chi connectivity index (χ3n) is 5.10. The van der Waals surface area contributed by atoms with E-state index in [1.54, 1.807) is 40.7 Å². The van der Waals surface area contributed by atoms with Crippen molar-refractivity contribution in [3.8, 4) is 11.5 Å². The molecule has 9 heteroatoms. The van der Waals surface area contributed by atoms with Gasteiger partial charge in [-0.2, -0.15) is 4.31 Å². The number of hydrogen-bond acceptors (Lipinski definition) is 6. The van der Waals surface area contributed by atoms with Gasteiger partial charge < -0.3 is 20.3 Å². The average molecular weight is 499 g/mol. The highest BCUT2D eigenvalue weighted by Gasteiger charge is 2.29. The minimum Gasteiger partial charge on any atom is -0.508 e. The molecule has 0 bridgehead atoms. The summed E-state index contributed by atoms with van der Waals surface area (Å²) in [5.41, 5.74) is 0. The Hall–Kier alpha value is -1.65. The minimum absolute atomic E-state index is 0.154. The molecule has 0 unspecified atom stereocenters. The molecule has 1 saturated heterocycles. The third-order valence-corrected chi connectivity index (χ3v) is 7.49. The first kappa shape index (κ1) is 23.0. The van der Waals surface area contributed by atoms with Crippen LogP contribution in [0.2, 0.25) is 0 Å². The van der Waals surface area contributed by atoms with Gasteiger partial charge in [0.05, 0.1) is 4.90 Å². The lowest BCUT2D eigenvalue weighted by molar-refractivity contribution is 0.104. The van der Waals surface area contributed by atoms with Crippen LogP contribution < -0.4 is 10.1 Å². The van der Waals surface area contributed by atoms with E-state index in [9.17, 15) is 18.6 Å². The molecule has 2 aromatic carbocycles. The molecule has 7 nitrogen and oxygen atoms in total. The normalized spacial score (nSPS) is 17.0. The molecule has 164 valence electrons. The van der Waals surface area contributed by atoms with E-state index in [0.717, 1.165) is 23.9 Å². The molecule has 2 aromatic rings. The quantitative estimate of drug-likeness (QED) is 0.491. The van der Waals surface area contributed by atoms with Crippen molar-refractivity contribution in [1.29, 1.82) is 0 Å². The lowest BCUT2D eigenvalue weighted by atomic mass is 9.98. The van der Waals surface area contributed by atoms with Crippen LogP contribution in [0.4, 0.5) is 0 Å². The van der Waals surface area contributed by atoms with E-state index in [-0.39, 0.29) is 12.4 Å². The summed E-state index contributed by atoms with van der Waals surface area (Å²) in [4.78, 5) is 0.310. The van der Waals surface area contributed by atoms with Crippen LogP contribution in [-0.4, -0.2) is 61.8 Å². The van der Waals surface area contributed by atoms with Crippen LogP contribution in [0.15, 0.2) is 57.9 Å². The van der Waals surface area contributed by atoms with Crippen LogP contribution in [0, 0.1) is 5.92 Å². The molecular formula is C21H27BrN2O5S. The summed E-state index contributed by atoms with van der Waals surface area (Å²) in [5, 5.41) is 22.6. The molecule has 30 heavy (non-hydrogen) atoms. The molecule has 0 amide bonds. The molecule has 0 spiro atoms. The Labute approximate surface area is 185 Å². The number of halogens is 1. The summed E-state index contributed by atoms with van der Waals surface area (Å²) >= 11 is 3.32. The first-order chi connectivity index (χ1) is 14.3. The maximum atomic E-state index is 12.8. The first-order valence-corrected chi connectivity index (χ1v) is 12.1. The Morgan fingerprint density at radius 2 is 1.87 bits per heavy atom. The Morgan fingerprint density at radius 1 is 1.17 bits per heavy atom. The topological polar surface area (TPSA) is 99.1 Å². The molecule has 3 N–H and O–H groups in total. The van der Waals surface area contributed by atoms with Gasteiger partial charge >= 0.3 is 0 Å². The van der Waals surface area contributed by atoms with Crippen LogP contribution in [-0.2, 0) is 10.0 Å². The third kappa shape index (κ3) is 6.42. The van der Waals surface area contributed by atoms with Crippen LogP contribution in [0.25, 0.3) is 0 Å². The number of phenols is 1. The molecule has 1 atom stereocenters. The molecule has 1 fully saturated rings. The Morgan fingerprint density at radius 3 is 2.53 bits per heavy atom. The molecule has 1 aliphatic heterocycles. The second-order valence-electron chi connectivity index (χ2n) is 7.42. The van der Waals surface area contributed by atoms with Gasteiger partial charge in [0.1, 0.15) is 24.2 Å². The molecule has 0 aliphatic carbocycles. The van der Waals surface area contributed by atoms with Crippen molar-refractivity contribution in [2.45, 2.75) is 23.8 Å². The summed E-state index contributed by atoms with van der Waals surface area (Å²) < 4.78 is 33.4. The highest BCUT2D eigenvalue weighted by molar-refractivity contribution is 9.10. The van der Waals surface area contributed by atoms with E-state index < -0.39 is 16.1 Å². The van der Waals surface area contributed by atoms with Gasteiger partial charge in [-0.25, -0.2) is 8.42 Å². The van der Waals surface area contributed by atoms with Gasteiger partial charge in [0.25, 0.3) is 0 Å². The van der Waals surface area contributed by atoms with E-state index in [1.165, 1.54) is 12.1 Å². The molecule has 0 radical (unpaired) electrons. The van der Waals surface area contributed by atoms with E-state index in [1.807, 2.05) is 0 Å². The van der Waals surface area contributed by atoms with Crippen LogP contribution in [0.5, 0.6) is 11.5 Å². The maximum Gasteiger partial charge on any atom is 0.243 e. The summed E-state index contributed by atoms with van der Waals surface area (Å²) in [7, 11) is -3.47. The SMILES string of the molecule is O=S(=O)(c1cccc(Br)c1)N1CCC(CNC[C@@H](O)COc2ccc(O)cc2)CC1. The summed E-state index contributed by atoms with van der Waals surface area (Å²) in [6, 6.07) is 13.1. The number of rotatable bonds is 9. The van der Waals surface area contributed by atoms with Gasteiger partial charge in [0, 0.05) is 24.1 Å². The highest BCUT2D eigenvalue weighted by Crippen LogP contribution is 2.25. The number of phenolic OH excluding ortho intramolecular Hbond substituents is 1. The van der Waals surface area contributed by atoms with Crippen molar-refractivity contribution in [1.82, 2.24) is 9.62 Å². The highest BCUT2D eigenvalue weighted by atomic mass is 79.9. The van der Waals surface area contributed by atoms with Crippen molar-refractivity contribution >= 4 is 26.0 Å². The van der Waals surface area contributed by atoms with Crippen molar-refractivity contribution in [3.05, 3.63) is 53.0 Å². The number of aromatic hydroxyl groups is 1. The maximum absolute atomic E-state index is 12.8. The zero-order valence-corrected chi connectivity index (χ0v) is 19.0. The summed E-state index contributed by atoms with van der Waals surface area (Å²) in [6.45, 7) is 2.26. The predicted octanol–water partition coefficient (Wildman–Crippen LogP) is 2.58. The standard InChI is InChI=1S/C21H27BrN2O5S/c22-17-2-1-3-21(12-17)30(27,28)24-10-8-16(9-11-24)13-23-14-19(26)15-29-20-6-4-18(25)5-7-20/h1-7,12,16,19,23,25-26H,8-11,13-15H2/t19-/m1/s1. The average Bonchev–Trinajstić information content (AvgIpc) is 2.74. The van der Waals surface area contributed by atoms with Crippen molar-refractivity contribution < 1.29 is 23.4 Å². The molecular weight excluding hydrogens is 472 g/mol. The largest absolute Gasteiger partial charge is 0.508 e. The number of nitrogens with zero attached hydrogens (tertiary/aromatic N) is 1. The van der Waals surface area contributed by atoms with Crippen molar-refractivity contribution in [2.75, 3.05) is 32.8 Å². The minimum atomic E-state index is -3.47. The second-order valence-corrected chi connectivity index (χ2v) is 10.3. The van der Waals surface area contributed by atoms with Crippen molar-refractivity contribution in [2.24, 2.45) is 5.92 Å². The lowest BCUT2D eigenvalue weighted by Gasteiger charge is -2.31. The zero-order chi connectivity index (χ0) is 21.6. The number of aliphatic hydroxyl groups excluding tert-OH is 1. The number of piperidine rings is 1. The fourth-order valence-corrected chi connectivity index (χ4v) is 5.44. The second kappa shape index (κ2) is 10.6. The summed E-state index contributed by atoms with van der Waals surface area (Å²) in [5.74, 6) is 1.12. The van der Waals surface area contributed by atoms with E-state index in [0.29, 0.717) is 36.2 Å². The number of sulfonamides is 1. The van der Waals surface area contributed by atoms with E-state index in [4.69, 9.17) is 4.74 Å².